The Morgan fingerprint density at radius 2 is 2.13 bits per heavy atom. The van der Waals surface area contributed by atoms with Crippen molar-refractivity contribution in [2.45, 2.75) is 31.5 Å². The molecule has 80 valence electrons. The molecule has 0 amide bonds. The summed E-state index contributed by atoms with van der Waals surface area (Å²) in [6, 6.07) is 4.35. The minimum absolute atomic E-state index is 0.123. The molecule has 15 heavy (non-hydrogen) atoms. The van der Waals surface area contributed by atoms with Crippen molar-refractivity contribution in [1.29, 1.82) is 0 Å². The number of hydrogen-bond donors (Lipinski definition) is 1. The fourth-order valence-electron chi connectivity index (χ4n) is 2.20. The third-order valence-corrected chi connectivity index (χ3v) is 3.21. The van der Waals surface area contributed by atoms with E-state index in [1.54, 1.807) is 6.07 Å². The van der Waals surface area contributed by atoms with Gasteiger partial charge in [0.25, 0.3) is 0 Å². The fraction of sp³-hybridized carbons (Fsp3) is 0.500. The first-order valence-electron chi connectivity index (χ1n) is 5.38. The smallest absolute Gasteiger partial charge is 0.125 e. The van der Waals surface area contributed by atoms with Crippen LogP contribution >= 0.6 is 0 Å². The minimum Gasteiger partial charge on any atom is -0.490 e. The van der Waals surface area contributed by atoms with Gasteiger partial charge in [0, 0.05) is 12.0 Å². The van der Waals surface area contributed by atoms with Crippen LogP contribution < -0.4 is 4.74 Å². The molecule has 3 heteroatoms. The molecule has 0 saturated heterocycles. The molecule has 1 aliphatic carbocycles. The van der Waals surface area contributed by atoms with E-state index in [0.717, 1.165) is 0 Å². The second-order valence-corrected chi connectivity index (χ2v) is 4.43. The van der Waals surface area contributed by atoms with Crippen LogP contribution in [0.1, 0.15) is 30.9 Å². The molecule has 2 atom stereocenters. The van der Waals surface area contributed by atoms with Crippen LogP contribution in [0.4, 0.5) is 4.39 Å². The van der Waals surface area contributed by atoms with Crippen molar-refractivity contribution < 1.29 is 14.2 Å². The molecule has 3 rings (SSSR count). The van der Waals surface area contributed by atoms with E-state index in [0.29, 0.717) is 23.7 Å². The van der Waals surface area contributed by atoms with Gasteiger partial charge >= 0.3 is 0 Å². The normalized spacial score (nSPS) is 29.5. The second kappa shape index (κ2) is 3.20. The highest BCUT2D eigenvalue weighted by Crippen LogP contribution is 2.43. The molecule has 1 N–H and O–H groups in total. The largest absolute Gasteiger partial charge is 0.490 e. The first kappa shape index (κ1) is 9.16. The van der Waals surface area contributed by atoms with Crippen molar-refractivity contribution in [2.75, 3.05) is 0 Å². The average molecular weight is 208 g/mol. The Morgan fingerprint density at radius 1 is 1.33 bits per heavy atom. The van der Waals surface area contributed by atoms with Crippen molar-refractivity contribution in [3.05, 3.63) is 29.6 Å². The van der Waals surface area contributed by atoms with Crippen LogP contribution in [0, 0.1) is 11.7 Å². The molecule has 1 saturated carbocycles. The van der Waals surface area contributed by atoms with Gasteiger partial charge < -0.3 is 9.84 Å². The highest BCUT2D eigenvalue weighted by Gasteiger charge is 2.38. The Kier molecular flexibility index (Phi) is 1.96. The summed E-state index contributed by atoms with van der Waals surface area (Å²) in [5.74, 6) is 0.922. The molecule has 0 radical (unpaired) electrons. The monoisotopic (exact) mass is 208 g/mol. The van der Waals surface area contributed by atoms with Gasteiger partial charge in [0.15, 0.2) is 0 Å². The third kappa shape index (κ3) is 1.61. The molecular weight excluding hydrogens is 195 g/mol. The summed E-state index contributed by atoms with van der Waals surface area (Å²) in [5.41, 5.74) is 0.590. The molecule has 0 spiro atoms. The highest BCUT2D eigenvalue weighted by molar-refractivity contribution is 5.37. The van der Waals surface area contributed by atoms with Gasteiger partial charge in [-0.05, 0) is 37.0 Å². The number of hydrogen-bond acceptors (Lipinski definition) is 2. The van der Waals surface area contributed by atoms with Gasteiger partial charge in [-0.3, -0.25) is 0 Å². The highest BCUT2D eigenvalue weighted by atomic mass is 19.1. The van der Waals surface area contributed by atoms with Gasteiger partial charge in [-0.15, -0.1) is 0 Å². The molecule has 1 aromatic carbocycles. The zero-order chi connectivity index (χ0) is 10.4. The van der Waals surface area contributed by atoms with E-state index >= 15 is 0 Å². The molecule has 1 fully saturated rings. The molecule has 2 nitrogen and oxygen atoms in total. The molecule has 1 aliphatic heterocycles. The molecule has 0 bridgehead atoms. The number of ether oxygens (including phenoxy) is 1. The lowest BCUT2D eigenvalue weighted by Gasteiger charge is -2.29. The number of fused-ring (bicyclic) bond motifs is 1. The molecule has 2 unspecified atom stereocenters. The Labute approximate surface area is 87.7 Å². The lowest BCUT2D eigenvalue weighted by atomic mass is 9.97. The number of benzene rings is 1. The maximum absolute atomic E-state index is 13.0. The van der Waals surface area contributed by atoms with E-state index < -0.39 is 6.10 Å². The number of rotatable bonds is 1. The van der Waals surface area contributed by atoms with Gasteiger partial charge in [0.1, 0.15) is 17.7 Å². The van der Waals surface area contributed by atoms with E-state index in [1.165, 1.54) is 25.0 Å². The van der Waals surface area contributed by atoms with Crippen molar-refractivity contribution in [2.24, 2.45) is 5.92 Å². The SMILES string of the molecule is OC1CC(C2CC2)Oc2ccc(F)cc21. The summed E-state index contributed by atoms with van der Waals surface area (Å²) in [4.78, 5) is 0. The summed E-state index contributed by atoms with van der Waals surface area (Å²) < 4.78 is 18.7. The summed E-state index contributed by atoms with van der Waals surface area (Å²) in [7, 11) is 0. The lowest BCUT2D eigenvalue weighted by molar-refractivity contribution is 0.0547. The summed E-state index contributed by atoms with van der Waals surface area (Å²) in [5, 5.41) is 9.89. The Morgan fingerprint density at radius 3 is 2.87 bits per heavy atom. The predicted octanol–water partition coefficient (Wildman–Crippen LogP) is 2.42. The van der Waals surface area contributed by atoms with Crippen molar-refractivity contribution in [3.8, 4) is 5.75 Å². The van der Waals surface area contributed by atoms with Crippen LogP contribution in [0.5, 0.6) is 5.75 Å². The molecule has 1 heterocycles. The van der Waals surface area contributed by atoms with Gasteiger partial charge in [0.05, 0.1) is 6.10 Å². The van der Waals surface area contributed by atoms with Crippen LogP contribution in [0.3, 0.4) is 0 Å². The third-order valence-electron chi connectivity index (χ3n) is 3.21. The standard InChI is InChI=1S/C12H13FO2/c13-8-3-4-11-9(5-8)10(14)6-12(15-11)7-1-2-7/h3-5,7,10,12,14H,1-2,6H2. The van der Waals surface area contributed by atoms with Gasteiger partial charge in [-0.1, -0.05) is 0 Å². The summed E-state index contributed by atoms with van der Waals surface area (Å²) in [6.45, 7) is 0. The zero-order valence-electron chi connectivity index (χ0n) is 8.32. The van der Waals surface area contributed by atoms with E-state index in [9.17, 15) is 9.50 Å². The van der Waals surface area contributed by atoms with Crippen LogP contribution in [0.2, 0.25) is 0 Å². The molecule has 2 aliphatic rings. The van der Waals surface area contributed by atoms with Crippen molar-refractivity contribution >= 4 is 0 Å². The molecule has 0 aromatic heterocycles. The van der Waals surface area contributed by atoms with Crippen molar-refractivity contribution in [1.82, 2.24) is 0 Å². The number of aliphatic hydroxyl groups is 1. The average Bonchev–Trinajstić information content (AvgIpc) is 3.02. The van der Waals surface area contributed by atoms with E-state index in [-0.39, 0.29) is 11.9 Å². The van der Waals surface area contributed by atoms with Gasteiger partial charge in [-0.25, -0.2) is 4.39 Å². The Hall–Kier alpha value is -1.09. The maximum Gasteiger partial charge on any atom is 0.125 e. The van der Waals surface area contributed by atoms with Crippen LogP contribution in [-0.2, 0) is 0 Å². The maximum atomic E-state index is 13.0. The summed E-state index contributed by atoms with van der Waals surface area (Å²) in [6.07, 6.45) is 2.52. The van der Waals surface area contributed by atoms with Crippen LogP contribution in [-0.4, -0.2) is 11.2 Å². The van der Waals surface area contributed by atoms with E-state index in [1.807, 2.05) is 0 Å². The van der Waals surface area contributed by atoms with Crippen LogP contribution in [0.25, 0.3) is 0 Å². The quantitative estimate of drug-likeness (QED) is 0.768. The molecule has 1 aromatic rings. The van der Waals surface area contributed by atoms with E-state index in [2.05, 4.69) is 0 Å². The predicted molar refractivity (Wildman–Crippen MR) is 53.1 cm³/mol. The topological polar surface area (TPSA) is 29.5 Å². The van der Waals surface area contributed by atoms with Crippen molar-refractivity contribution in [3.63, 3.8) is 0 Å². The summed E-state index contributed by atoms with van der Waals surface area (Å²) >= 11 is 0. The first-order chi connectivity index (χ1) is 7.24. The van der Waals surface area contributed by atoms with E-state index in [4.69, 9.17) is 4.74 Å². The number of halogens is 1. The Bertz CT molecular complexity index is 387. The second-order valence-electron chi connectivity index (χ2n) is 4.43. The van der Waals surface area contributed by atoms with Gasteiger partial charge in [0.2, 0.25) is 0 Å². The van der Waals surface area contributed by atoms with Gasteiger partial charge in [-0.2, -0.15) is 0 Å². The first-order valence-corrected chi connectivity index (χ1v) is 5.38. The number of aliphatic hydroxyl groups excluding tert-OH is 1. The molecular formula is C12H13FO2. The zero-order valence-corrected chi connectivity index (χ0v) is 8.32. The van der Waals surface area contributed by atoms with Crippen LogP contribution in [0.15, 0.2) is 18.2 Å². The minimum atomic E-state index is -0.574. The lowest BCUT2D eigenvalue weighted by Crippen LogP contribution is -2.27. The Balaban J connectivity index is 1.93. The fourth-order valence-corrected chi connectivity index (χ4v) is 2.20.